The van der Waals surface area contributed by atoms with E-state index in [0.29, 0.717) is 33.7 Å². The number of hydrogen-bond acceptors (Lipinski definition) is 6. The molecular formula is C29H30F3N3O4S. The minimum absolute atomic E-state index is 0.0195. The highest BCUT2D eigenvalue weighted by Crippen LogP contribution is 2.35. The average molecular weight is 574 g/mol. The van der Waals surface area contributed by atoms with Crippen LogP contribution in [0.4, 0.5) is 19.1 Å². The average Bonchev–Trinajstić information content (AvgIpc) is 3.20. The second kappa shape index (κ2) is 11.3. The van der Waals surface area contributed by atoms with E-state index in [1.54, 1.807) is 50.2 Å². The number of pyridine rings is 1. The highest BCUT2D eigenvalue weighted by atomic mass is 32.2. The zero-order valence-electron chi connectivity index (χ0n) is 22.8. The molecule has 40 heavy (non-hydrogen) atoms. The van der Waals surface area contributed by atoms with Crippen LogP contribution < -0.4 is 9.46 Å². The van der Waals surface area contributed by atoms with Crippen molar-refractivity contribution in [3.63, 3.8) is 0 Å². The third-order valence-electron chi connectivity index (χ3n) is 6.69. The molecular weight excluding hydrogens is 543 g/mol. The van der Waals surface area contributed by atoms with Crippen LogP contribution in [0.3, 0.4) is 0 Å². The Bertz CT molecular complexity index is 1650. The van der Waals surface area contributed by atoms with E-state index in [1.165, 1.54) is 6.07 Å². The summed E-state index contributed by atoms with van der Waals surface area (Å²) in [6.07, 6.45) is -5.78. The van der Waals surface area contributed by atoms with Crippen molar-refractivity contribution >= 4 is 15.9 Å². The molecule has 0 aliphatic carbocycles. The fraction of sp³-hybridized carbons (Fsp3) is 0.310. The van der Waals surface area contributed by atoms with E-state index >= 15 is 0 Å². The fourth-order valence-corrected chi connectivity index (χ4v) is 5.53. The maximum Gasteiger partial charge on any atom is 0.389 e. The Morgan fingerprint density at radius 2 is 1.65 bits per heavy atom. The summed E-state index contributed by atoms with van der Waals surface area (Å²) in [6, 6.07) is 13.0. The molecule has 1 N–H and O–H groups in total. The van der Waals surface area contributed by atoms with Crippen LogP contribution in [0.15, 0.2) is 57.9 Å². The van der Waals surface area contributed by atoms with Crippen LogP contribution >= 0.6 is 0 Å². The Kier molecular flexibility index (Phi) is 8.25. The van der Waals surface area contributed by atoms with Gasteiger partial charge in [-0.25, -0.2) is 13.1 Å². The van der Waals surface area contributed by atoms with Crippen molar-refractivity contribution in [3.05, 3.63) is 87.9 Å². The van der Waals surface area contributed by atoms with Crippen molar-refractivity contribution in [1.29, 1.82) is 0 Å². The van der Waals surface area contributed by atoms with Gasteiger partial charge in [-0.2, -0.15) is 13.2 Å². The molecule has 0 unspecified atom stereocenters. The van der Waals surface area contributed by atoms with Crippen molar-refractivity contribution in [2.24, 2.45) is 0 Å². The SMILES string of the molecule is Cc1cc(OCc2ccc(-c3ccccc3S(=O)(=O)Nc3onc(C)c3C)c(CCC(F)(F)F)c2)c(C)c(C)n1. The van der Waals surface area contributed by atoms with Gasteiger partial charge >= 0.3 is 6.18 Å². The van der Waals surface area contributed by atoms with Crippen LogP contribution in [0.25, 0.3) is 11.1 Å². The van der Waals surface area contributed by atoms with Crippen molar-refractivity contribution in [1.82, 2.24) is 10.1 Å². The molecule has 212 valence electrons. The molecule has 0 spiro atoms. The molecule has 0 saturated heterocycles. The number of anilines is 1. The van der Waals surface area contributed by atoms with Gasteiger partial charge in [0.2, 0.25) is 5.88 Å². The van der Waals surface area contributed by atoms with Gasteiger partial charge in [-0.1, -0.05) is 41.6 Å². The maximum absolute atomic E-state index is 13.4. The first-order chi connectivity index (χ1) is 18.7. The Hall–Kier alpha value is -3.86. The molecule has 7 nitrogen and oxygen atoms in total. The monoisotopic (exact) mass is 573 g/mol. The number of ether oxygens (including phenoxy) is 1. The summed E-state index contributed by atoms with van der Waals surface area (Å²) in [4.78, 5) is 4.31. The Morgan fingerprint density at radius 3 is 2.33 bits per heavy atom. The van der Waals surface area contributed by atoms with Crippen LogP contribution in [0.1, 0.15) is 45.8 Å². The Labute approximate surface area is 231 Å². The normalized spacial score (nSPS) is 12.0. The first-order valence-corrected chi connectivity index (χ1v) is 14.0. The zero-order chi connectivity index (χ0) is 29.2. The number of nitrogens with one attached hydrogen (secondary N) is 1. The van der Waals surface area contributed by atoms with Crippen LogP contribution in [0.2, 0.25) is 0 Å². The summed E-state index contributed by atoms with van der Waals surface area (Å²) in [5.74, 6) is 0.625. The quantitative estimate of drug-likeness (QED) is 0.228. The minimum atomic E-state index is -4.39. The summed E-state index contributed by atoms with van der Waals surface area (Å²) >= 11 is 0. The van der Waals surface area contributed by atoms with E-state index in [1.807, 2.05) is 26.8 Å². The lowest BCUT2D eigenvalue weighted by molar-refractivity contribution is -0.133. The van der Waals surface area contributed by atoms with Crippen LogP contribution in [0.5, 0.6) is 5.75 Å². The summed E-state index contributed by atoms with van der Waals surface area (Å²) in [6.45, 7) is 9.10. The van der Waals surface area contributed by atoms with E-state index in [4.69, 9.17) is 9.26 Å². The number of halogens is 3. The van der Waals surface area contributed by atoms with Gasteiger partial charge in [-0.05, 0) is 63.8 Å². The van der Waals surface area contributed by atoms with E-state index in [9.17, 15) is 21.6 Å². The van der Waals surface area contributed by atoms with Gasteiger partial charge in [0, 0.05) is 40.6 Å². The second-order valence-electron chi connectivity index (χ2n) is 9.69. The fourth-order valence-electron chi connectivity index (χ4n) is 4.26. The van der Waals surface area contributed by atoms with Crippen LogP contribution in [-0.2, 0) is 23.1 Å². The topological polar surface area (TPSA) is 94.3 Å². The van der Waals surface area contributed by atoms with Gasteiger partial charge in [0.05, 0.1) is 10.6 Å². The van der Waals surface area contributed by atoms with Gasteiger partial charge in [0.1, 0.15) is 12.4 Å². The summed E-state index contributed by atoms with van der Waals surface area (Å²) in [5, 5.41) is 3.78. The Balaban J connectivity index is 1.72. The van der Waals surface area contributed by atoms with Crippen molar-refractivity contribution in [2.45, 2.75) is 65.1 Å². The lowest BCUT2D eigenvalue weighted by Crippen LogP contribution is -2.15. The highest BCUT2D eigenvalue weighted by molar-refractivity contribution is 7.92. The molecule has 11 heteroatoms. The van der Waals surface area contributed by atoms with Crippen LogP contribution in [-0.4, -0.2) is 24.7 Å². The lowest BCUT2D eigenvalue weighted by atomic mass is 9.94. The number of benzene rings is 2. The lowest BCUT2D eigenvalue weighted by Gasteiger charge is -2.17. The maximum atomic E-state index is 13.4. The number of aryl methyl sites for hydroxylation is 4. The molecule has 4 aromatic rings. The van der Waals surface area contributed by atoms with E-state index < -0.39 is 22.6 Å². The van der Waals surface area contributed by atoms with Crippen LogP contribution in [0, 0.1) is 34.6 Å². The van der Waals surface area contributed by atoms with Crippen molar-refractivity contribution in [3.8, 4) is 16.9 Å². The molecule has 0 aliphatic heterocycles. The summed E-state index contributed by atoms with van der Waals surface area (Å²) < 4.78 is 80.1. The molecule has 4 rings (SSSR count). The molecule has 0 atom stereocenters. The first-order valence-electron chi connectivity index (χ1n) is 12.6. The van der Waals surface area contributed by atoms with Gasteiger partial charge in [-0.3, -0.25) is 4.98 Å². The molecule has 0 aliphatic rings. The second-order valence-corrected chi connectivity index (χ2v) is 11.3. The third kappa shape index (κ3) is 6.64. The van der Waals surface area contributed by atoms with E-state index in [-0.39, 0.29) is 29.4 Å². The van der Waals surface area contributed by atoms with Gasteiger partial charge in [0.15, 0.2) is 0 Å². The number of sulfonamides is 1. The van der Waals surface area contributed by atoms with Crippen molar-refractivity contribution < 1.29 is 30.8 Å². The molecule has 0 fully saturated rings. The predicted molar refractivity (Wildman–Crippen MR) is 146 cm³/mol. The molecule has 0 bridgehead atoms. The standard InChI is InChI=1S/C29H30F3N3O4S/c1-17-14-26(18(2)20(4)33-17)38-16-22-10-11-24(23(15-22)12-13-29(30,31)32)25-8-6-7-9-27(25)40(36,37)35-28-19(3)21(5)34-39-28/h6-11,14-15,35H,12-13,16H2,1-5H3. The summed E-state index contributed by atoms with van der Waals surface area (Å²) in [7, 11) is -4.17. The zero-order valence-corrected chi connectivity index (χ0v) is 23.6. The number of rotatable bonds is 9. The first kappa shape index (κ1) is 29.1. The summed E-state index contributed by atoms with van der Waals surface area (Å²) in [5.41, 5.74) is 5.22. The molecule has 2 aromatic heterocycles. The minimum Gasteiger partial charge on any atom is -0.488 e. The van der Waals surface area contributed by atoms with E-state index in [2.05, 4.69) is 14.9 Å². The molecule has 2 aromatic carbocycles. The molecule has 2 heterocycles. The number of alkyl halides is 3. The third-order valence-corrected chi connectivity index (χ3v) is 8.08. The highest BCUT2D eigenvalue weighted by Gasteiger charge is 2.28. The van der Waals surface area contributed by atoms with Gasteiger partial charge in [-0.15, -0.1) is 0 Å². The smallest absolute Gasteiger partial charge is 0.389 e. The predicted octanol–water partition coefficient (Wildman–Crippen LogP) is 7.15. The number of hydrogen-bond donors (Lipinski definition) is 1. The number of nitrogens with zero attached hydrogens (tertiary/aromatic N) is 2. The molecule has 0 amide bonds. The number of aromatic nitrogens is 2. The largest absolute Gasteiger partial charge is 0.488 e. The molecule has 0 radical (unpaired) electrons. The van der Waals surface area contributed by atoms with E-state index in [0.717, 1.165) is 17.0 Å². The van der Waals surface area contributed by atoms with Crippen molar-refractivity contribution in [2.75, 3.05) is 4.72 Å². The molecule has 0 saturated carbocycles. The Morgan fingerprint density at radius 1 is 0.925 bits per heavy atom. The van der Waals surface area contributed by atoms with Gasteiger partial charge in [0.25, 0.3) is 10.0 Å². The van der Waals surface area contributed by atoms with Gasteiger partial charge < -0.3 is 9.26 Å².